The largest absolute Gasteiger partial charge is 0.497 e. The number of carbonyl (C=O) groups excluding carboxylic acids is 1. The lowest BCUT2D eigenvalue weighted by Gasteiger charge is -2.11. The average molecular weight is 399 g/mol. The van der Waals surface area contributed by atoms with Crippen molar-refractivity contribution in [1.82, 2.24) is 9.55 Å². The third-order valence-electron chi connectivity index (χ3n) is 4.89. The predicted octanol–water partition coefficient (Wildman–Crippen LogP) is 3.63. The van der Waals surface area contributed by atoms with Crippen LogP contribution in [-0.4, -0.2) is 22.6 Å². The standard InChI is InChI=1S/C24H21N3O3/c1-30-19-9-7-17(8-10-19)14-23(28)26-22-6-2-5-21-20(22)11-13-27(24(21)29)16-18-4-3-12-25-15-18/h2-13,15H,14,16H2,1H3,(H,26,28). The summed E-state index contributed by atoms with van der Waals surface area (Å²) in [6.07, 6.45) is 5.43. The van der Waals surface area contributed by atoms with Crippen LogP contribution in [-0.2, 0) is 17.8 Å². The summed E-state index contributed by atoms with van der Waals surface area (Å²) in [4.78, 5) is 29.6. The number of ether oxygens (including phenoxy) is 1. The molecule has 0 bridgehead atoms. The molecule has 4 aromatic rings. The molecule has 0 aliphatic rings. The minimum absolute atomic E-state index is 0.109. The molecule has 0 aliphatic heterocycles. The van der Waals surface area contributed by atoms with Gasteiger partial charge < -0.3 is 14.6 Å². The first-order chi connectivity index (χ1) is 14.6. The van der Waals surface area contributed by atoms with Gasteiger partial charge >= 0.3 is 0 Å². The number of amides is 1. The number of benzene rings is 2. The Kier molecular flexibility index (Phi) is 5.57. The number of fused-ring (bicyclic) bond motifs is 1. The lowest BCUT2D eigenvalue weighted by molar-refractivity contribution is -0.115. The molecular weight excluding hydrogens is 378 g/mol. The van der Waals surface area contributed by atoms with Gasteiger partial charge in [0.05, 0.1) is 20.1 Å². The number of pyridine rings is 2. The number of aromatic nitrogens is 2. The molecule has 0 radical (unpaired) electrons. The van der Waals surface area contributed by atoms with Gasteiger partial charge in [-0.15, -0.1) is 0 Å². The summed E-state index contributed by atoms with van der Waals surface area (Å²) in [6.45, 7) is 0.441. The van der Waals surface area contributed by atoms with Crippen LogP contribution in [0.15, 0.2) is 84.0 Å². The van der Waals surface area contributed by atoms with Crippen molar-refractivity contribution in [2.24, 2.45) is 0 Å². The van der Waals surface area contributed by atoms with Gasteiger partial charge in [-0.3, -0.25) is 14.6 Å². The maximum absolute atomic E-state index is 12.9. The van der Waals surface area contributed by atoms with Crippen molar-refractivity contribution in [1.29, 1.82) is 0 Å². The van der Waals surface area contributed by atoms with Crippen LogP contribution in [0.4, 0.5) is 5.69 Å². The number of hydrogen-bond acceptors (Lipinski definition) is 4. The first kappa shape index (κ1) is 19.4. The summed E-state index contributed by atoms with van der Waals surface area (Å²) >= 11 is 0. The van der Waals surface area contributed by atoms with Gasteiger partial charge in [-0.2, -0.15) is 0 Å². The molecule has 2 aromatic carbocycles. The molecule has 0 fully saturated rings. The van der Waals surface area contributed by atoms with E-state index in [2.05, 4.69) is 10.3 Å². The highest BCUT2D eigenvalue weighted by atomic mass is 16.5. The topological polar surface area (TPSA) is 73.2 Å². The van der Waals surface area contributed by atoms with Crippen molar-refractivity contribution in [2.75, 3.05) is 12.4 Å². The van der Waals surface area contributed by atoms with E-state index >= 15 is 0 Å². The Hall–Kier alpha value is -3.93. The molecule has 150 valence electrons. The van der Waals surface area contributed by atoms with E-state index in [1.807, 2.05) is 42.5 Å². The van der Waals surface area contributed by atoms with Crippen LogP contribution < -0.4 is 15.6 Å². The lowest BCUT2D eigenvalue weighted by Crippen LogP contribution is -2.21. The highest BCUT2D eigenvalue weighted by molar-refractivity contribution is 6.02. The molecular formula is C24H21N3O3. The van der Waals surface area contributed by atoms with Gasteiger partial charge in [-0.1, -0.05) is 24.3 Å². The van der Waals surface area contributed by atoms with Crippen LogP contribution in [0.5, 0.6) is 5.75 Å². The quantitative estimate of drug-likeness (QED) is 0.537. The molecule has 0 aliphatic carbocycles. The fraction of sp³-hybridized carbons (Fsp3) is 0.125. The number of nitrogens with one attached hydrogen (secondary N) is 1. The summed E-state index contributed by atoms with van der Waals surface area (Å²) in [5, 5.41) is 4.20. The van der Waals surface area contributed by atoms with E-state index in [9.17, 15) is 9.59 Å². The van der Waals surface area contributed by atoms with Crippen LogP contribution in [0.1, 0.15) is 11.1 Å². The van der Waals surface area contributed by atoms with E-state index in [-0.39, 0.29) is 17.9 Å². The number of anilines is 1. The predicted molar refractivity (Wildman–Crippen MR) is 117 cm³/mol. The van der Waals surface area contributed by atoms with E-state index in [1.54, 1.807) is 48.5 Å². The molecule has 2 heterocycles. The van der Waals surface area contributed by atoms with E-state index in [4.69, 9.17) is 4.74 Å². The van der Waals surface area contributed by atoms with Gasteiger partial charge in [0.25, 0.3) is 5.56 Å². The number of hydrogen-bond donors (Lipinski definition) is 1. The van der Waals surface area contributed by atoms with Gasteiger partial charge in [0.2, 0.25) is 5.91 Å². The summed E-state index contributed by atoms with van der Waals surface area (Å²) in [6, 6.07) is 18.4. The summed E-state index contributed by atoms with van der Waals surface area (Å²) < 4.78 is 6.78. The normalized spacial score (nSPS) is 10.7. The van der Waals surface area contributed by atoms with E-state index in [0.29, 0.717) is 23.0 Å². The van der Waals surface area contributed by atoms with Crippen LogP contribution >= 0.6 is 0 Å². The highest BCUT2D eigenvalue weighted by Gasteiger charge is 2.10. The van der Waals surface area contributed by atoms with E-state index in [1.165, 1.54) is 0 Å². The smallest absolute Gasteiger partial charge is 0.258 e. The Labute approximate surface area is 173 Å². The Balaban J connectivity index is 1.56. The third kappa shape index (κ3) is 4.22. The maximum atomic E-state index is 12.9. The molecule has 0 saturated heterocycles. The van der Waals surface area contributed by atoms with Gasteiger partial charge in [-0.05, 0) is 47.5 Å². The average Bonchev–Trinajstić information content (AvgIpc) is 2.77. The second-order valence-corrected chi connectivity index (χ2v) is 6.95. The molecule has 4 rings (SSSR count). The zero-order chi connectivity index (χ0) is 20.9. The van der Waals surface area contributed by atoms with Crippen LogP contribution in [0.2, 0.25) is 0 Å². The molecule has 2 aromatic heterocycles. The summed E-state index contributed by atoms with van der Waals surface area (Å²) in [5.74, 6) is 0.600. The fourth-order valence-electron chi connectivity index (χ4n) is 3.36. The zero-order valence-corrected chi connectivity index (χ0v) is 16.5. The Morgan fingerprint density at radius 3 is 2.57 bits per heavy atom. The van der Waals surface area contributed by atoms with Crippen molar-refractivity contribution in [3.05, 3.63) is 101 Å². The Bertz CT molecular complexity index is 1230. The Morgan fingerprint density at radius 1 is 1.00 bits per heavy atom. The summed E-state index contributed by atoms with van der Waals surface area (Å²) in [7, 11) is 1.60. The minimum Gasteiger partial charge on any atom is -0.497 e. The van der Waals surface area contributed by atoms with Crippen molar-refractivity contribution in [2.45, 2.75) is 13.0 Å². The number of methoxy groups -OCH3 is 1. The molecule has 0 saturated carbocycles. The van der Waals surface area contributed by atoms with Crippen LogP contribution in [0.25, 0.3) is 10.8 Å². The summed E-state index contributed by atoms with van der Waals surface area (Å²) in [5.41, 5.74) is 2.34. The van der Waals surface area contributed by atoms with Crippen molar-refractivity contribution >= 4 is 22.4 Å². The molecule has 6 nitrogen and oxygen atoms in total. The van der Waals surface area contributed by atoms with Crippen LogP contribution in [0.3, 0.4) is 0 Å². The van der Waals surface area contributed by atoms with E-state index in [0.717, 1.165) is 16.9 Å². The molecule has 0 spiro atoms. The highest BCUT2D eigenvalue weighted by Crippen LogP contribution is 2.21. The lowest BCUT2D eigenvalue weighted by atomic mass is 10.1. The molecule has 0 atom stereocenters. The number of rotatable bonds is 6. The second-order valence-electron chi connectivity index (χ2n) is 6.95. The van der Waals surface area contributed by atoms with Crippen molar-refractivity contribution < 1.29 is 9.53 Å². The fourth-order valence-corrected chi connectivity index (χ4v) is 3.36. The van der Waals surface area contributed by atoms with Gasteiger partial charge in [0.1, 0.15) is 5.75 Å². The Morgan fingerprint density at radius 2 is 1.83 bits per heavy atom. The van der Waals surface area contributed by atoms with Crippen LogP contribution in [0, 0.1) is 0 Å². The zero-order valence-electron chi connectivity index (χ0n) is 16.5. The van der Waals surface area contributed by atoms with E-state index < -0.39 is 0 Å². The van der Waals surface area contributed by atoms with Crippen molar-refractivity contribution in [3.8, 4) is 5.75 Å². The van der Waals surface area contributed by atoms with Gasteiger partial charge in [0, 0.05) is 35.1 Å². The third-order valence-corrected chi connectivity index (χ3v) is 4.89. The van der Waals surface area contributed by atoms with Gasteiger partial charge in [-0.25, -0.2) is 0 Å². The molecule has 6 heteroatoms. The molecule has 1 amide bonds. The minimum atomic E-state index is -0.146. The first-order valence-corrected chi connectivity index (χ1v) is 9.58. The molecule has 0 unspecified atom stereocenters. The molecule has 30 heavy (non-hydrogen) atoms. The first-order valence-electron chi connectivity index (χ1n) is 9.58. The molecule has 1 N–H and O–H groups in total. The van der Waals surface area contributed by atoms with Crippen molar-refractivity contribution in [3.63, 3.8) is 0 Å². The van der Waals surface area contributed by atoms with Gasteiger partial charge in [0.15, 0.2) is 0 Å². The second kappa shape index (κ2) is 8.61. The SMILES string of the molecule is COc1ccc(CC(=O)Nc2cccc3c(=O)n(Cc4cccnc4)ccc23)cc1. The monoisotopic (exact) mass is 399 g/mol. The number of carbonyl (C=O) groups is 1. The maximum Gasteiger partial charge on any atom is 0.258 e. The number of nitrogens with zero attached hydrogens (tertiary/aromatic N) is 2.